The van der Waals surface area contributed by atoms with Gasteiger partial charge in [0.05, 0.1) is 22.8 Å². The van der Waals surface area contributed by atoms with E-state index in [-0.39, 0.29) is 5.41 Å². The fourth-order valence-corrected chi connectivity index (χ4v) is 16.1. The van der Waals surface area contributed by atoms with E-state index in [1.54, 1.807) is 12.4 Å². The van der Waals surface area contributed by atoms with Gasteiger partial charge in [0.25, 0.3) is 0 Å². The second-order valence-corrected chi connectivity index (χ2v) is 28.9. The molecule has 0 bridgehead atoms. The van der Waals surface area contributed by atoms with E-state index in [0.717, 1.165) is 145 Å². The Labute approximate surface area is 642 Å². The summed E-state index contributed by atoms with van der Waals surface area (Å²) in [6, 6.07) is 124. The summed E-state index contributed by atoms with van der Waals surface area (Å²) in [6.45, 7) is 4.66. The minimum atomic E-state index is -0.0533. The summed E-state index contributed by atoms with van der Waals surface area (Å²) < 4.78 is 12.2. The number of benzene rings is 14. The van der Waals surface area contributed by atoms with Gasteiger partial charge < -0.3 is 8.83 Å². The Bertz CT molecular complexity index is 6940. The van der Waals surface area contributed by atoms with Crippen LogP contribution in [0.4, 0.5) is 0 Å². The van der Waals surface area contributed by atoms with Crippen LogP contribution in [0.1, 0.15) is 25.0 Å². The molecular formula is C103H68N6O2. The predicted octanol–water partition coefficient (Wildman–Crippen LogP) is 27.0. The molecule has 6 aromatic heterocycles. The van der Waals surface area contributed by atoms with Crippen molar-refractivity contribution in [2.45, 2.75) is 19.3 Å². The third kappa shape index (κ3) is 12.3. The maximum Gasteiger partial charge on any atom is 0.161 e. The number of rotatable bonds is 12. The van der Waals surface area contributed by atoms with Crippen LogP contribution in [0.15, 0.2) is 385 Å². The monoisotopic (exact) mass is 1420 g/mol. The first-order valence-corrected chi connectivity index (χ1v) is 37.5. The highest BCUT2D eigenvalue weighted by atomic mass is 16.3. The van der Waals surface area contributed by atoms with Gasteiger partial charge in [-0.3, -0.25) is 9.97 Å². The Kier molecular flexibility index (Phi) is 16.4. The van der Waals surface area contributed by atoms with Crippen LogP contribution in [0.3, 0.4) is 0 Å². The van der Waals surface area contributed by atoms with Crippen molar-refractivity contribution in [3.8, 4) is 146 Å². The number of pyridine rings is 2. The average Bonchev–Trinajstić information content (AvgIpc) is 1.55. The van der Waals surface area contributed by atoms with Crippen molar-refractivity contribution in [1.29, 1.82) is 0 Å². The molecular weight excluding hydrogens is 1350 g/mol. The van der Waals surface area contributed by atoms with Crippen LogP contribution in [0.25, 0.3) is 200 Å². The number of hydrogen-bond acceptors (Lipinski definition) is 8. The molecule has 0 saturated carbocycles. The molecule has 0 amide bonds. The molecule has 14 aromatic carbocycles. The fourth-order valence-electron chi connectivity index (χ4n) is 16.1. The Morgan fingerprint density at radius 3 is 1.05 bits per heavy atom. The highest BCUT2D eigenvalue weighted by Crippen LogP contribution is 2.50. The van der Waals surface area contributed by atoms with E-state index < -0.39 is 0 Å². The number of hydrogen-bond donors (Lipinski definition) is 0. The van der Waals surface area contributed by atoms with Crippen molar-refractivity contribution < 1.29 is 8.83 Å². The summed E-state index contributed by atoms with van der Waals surface area (Å²) >= 11 is 0. The van der Waals surface area contributed by atoms with Crippen LogP contribution in [-0.2, 0) is 5.41 Å². The van der Waals surface area contributed by atoms with Crippen LogP contribution < -0.4 is 0 Å². The van der Waals surface area contributed by atoms with Crippen molar-refractivity contribution in [3.05, 3.63) is 388 Å². The molecule has 20 aromatic rings. The highest BCUT2D eigenvalue weighted by molar-refractivity contribution is 6.08. The van der Waals surface area contributed by atoms with Crippen molar-refractivity contribution in [3.63, 3.8) is 0 Å². The van der Waals surface area contributed by atoms with Gasteiger partial charge in [0.1, 0.15) is 22.3 Å². The fraction of sp³-hybridized carbons (Fsp3) is 0.0291. The Hall–Kier alpha value is -14.6. The normalized spacial score (nSPS) is 12.1. The Morgan fingerprint density at radius 1 is 0.216 bits per heavy atom. The molecule has 0 radical (unpaired) electrons. The van der Waals surface area contributed by atoms with Crippen LogP contribution in [-0.4, -0.2) is 29.9 Å². The molecule has 111 heavy (non-hydrogen) atoms. The van der Waals surface area contributed by atoms with E-state index in [1.807, 2.05) is 67.0 Å². The molecule has 522 valence electrons. The molecule has 1 aliphatic rings. The quantitative estimate of drug-likeness (QED) is 0.119. The number of furan rings is 2. The van der Waals surface area contributed by atoms with Gasteiger partial charge >= 0.3 is 0 Å². The Balaban J connectivity index is 0.000000146. The van der Waals surface area contributed by atoms with Gasteiger partial charge in [-0.2, -0.15) is 0 Å². The molecule has 8 nitrogen and oxygen atoms in total. The molecule has 0 atom stereocenters. The van der Waals surface area contributed by atoms with Gasteiger partial charge in [0.15, 0.2) is 11.6 Å². The zero-order chi connectivity index (χ0) is 73.9. The molecule has 6 heterocycles. The summed E-state index contributed by atoms with van der Waals surface area (Å²) in [4.78, 5) is 29.7. The molecule has 0 fully saturated rings. The van der Waals surface area contributed by atoms with Gasteiger partial charge in [-0.15, -0.1) is 0 Å². The Morgan fingerprint density at radius 2 is 0.568 bits per heavy atom. The first-order valence-electron chi connectivity index (χ1n) is 37.5. The largest absolute Gasteiger partial charge is 0.456 e. The van der Waals surface area contributed by atoms with Gasteiger partial charge in [-0.05, 0) is 155 Å². The number of para-hydroxylation sites is 2. The molecule has 8 heteroatoms. The van der Waals surface area contributed by atoms with E-state index in [1.165, 1.54) is 55.3 Å². The molecule has 0 spiro atoms. The van der Waals surface area contributed by atoms with E-state index in [0.29, 0.717) is 11.6 Å². The van der Waals surface area contributed by atoms with Crippen LogP contribution in [0, 0.1) is 0 Å². The maximum absolute atomic E-state index is 6.10. The second kappa shape index (κ2) is 27.6. The first-order chi connectivity index (χ1) is 54.7. The molecule has 21 rings (SSSR count). The van der Waals surface area contributed by atoms with Crippen molar-refractivity contribution in [2.75, 3.05) is 0 Å². The molecule has 0 aliphatic heterocycles. The summed E-state index contributed by atoms with van der Waals surface area (Å²) in [5.41, 5.74) is 31.8. The van der Waals surface area contributed by atoms with E-state index in [4.69, 9.17) is 28.8 Å². The topological polar surface area (TPSA) is 104 Å². The van der Waals surface area contributed by atoms with Crippen LogP contribution in [0.5, 0.6) is 0 Å². The van der Waals surface area contributed by atoms with Crippen molar-refractivity contribution in [2.24, 2.45) is 0 Å². The molecule has 0 N–H and O–H groups in total. The standard InChI is InChI=1S/C54H37N3O.C49H31N3O/c1-54(2)47-15-7-5-12-42(47)43-27-25-39(31-48(43)54)35-19-23-37(24-20-35)50-32-49(56-53(57-50)45-14-4-3-11-41(45)40-10-9-29-55-33-40)36-21-17-34(18-22-36)38-26-28-52-46(30-38)44-13-6-8-16-51(44)58-52;1-2-12-39-33(9-1)10-7-16-40(39)34-20-24-36(25-21-34)46-30-45(51-49(52-46)43-15-4-3-13-41(43)38-11-8-28-50-31-38)35-22-18-32(19-23-35)37-26-27-48-44(29-37)42-14-5-6-17-47(42)53-48/h3-33H,1-2H3;1-31H. The van der Waals surface area contributed by atoms with Gasteiger partial charge in [0, 0.05) is 96.3 Å². The predicted molar refractivity (Wildman–Crippen MR) is 455 cm³/mol. The smallest absolute Gasteiger partial charge is 0.161 e. The lowest BCUT2D eigenvalue weighted by Crippen LogP contribution is -2.14. The van der Waals surface area contributed by atoms with Crippen molar-refractivity contribution in [1.82, 2.24) is 29.9 Å². The highest BCUT2D eigenvalue weighted by Gasteiger charge is 2.35. The average molecular weight is 1420 g/mol. The zero-order valence-corrected chi connectivity index (χ0v) is 60.8. The third-order valence-electron chi connectivity index (χ3n) is 21.9. The minimum absolute atomic E-state index is 0.0533. The number of aromatic nitrogens is 6. The first kappa shape index (κ1) is 65.9. The summed E-state index contributed by atoms with van der Waals surface area (Å²) in [6.07, 6.45) is 7.37. The molecule has 0 saturated heterocycles. The van der Waals surface area contributed by atoms with Gasteiger partial charge in [0.2, 0.25) is 0 Å². The summed E-state index contributed by atoms with van der Waals surface area (Å²) in [5.74, 6) is 1.33. The van der Waals surface area contributed by atoms with Gasteiger partial charge in [-0.25, -0.2) is 19.9 Å². The molecule has 0 unspecified atom stereocenters. The zero-order valence-electron chi connectivity index (χ0n) is 60.8. The minimum Gasteiger partial charge on any atom is -0.456 e. The third-order valence-corrected chi connectivity index (χ3v) is 21.9. The summed E-state index contributed by atoms with van der Waals surface area (Å²) in [7, 11) is 0. The van der Waals surface area contributed by atoms with E-state index >= 15 is 0 Å². The van der Waals surface area contributed by atoms with E-state index in [9.17, 15) is 0 Å². The maximum atomic E-state index is 6.10. The van der Waals surface area contributed by atoms with Crippen LogP contribution in [0.2, 0.25) is 0 Å². The SMILES string of the molecule is CC1(C)c2ccccc2-c2ccc(-c3ccc(-c4cc(-c5ccc(-c6ccc7oc8ccccc8c7c6)cc5)nc(-c5ccccc5-c5cccnc5)n4)cc3)cc21.c1cncc(-c2ccccc2-c2nc(-c3ccc(-c4ccc5oc6ccccc6c5c4)cc3)cc(-c3ccc(-c4cccc5ccccc45)cc3)n2)c1. The molecule has 1 aliphatic carbocycles. The summed E-state index contributed by atoms with van der Waals surface area (Å²) in [5, 5.41) is 6.95. The number of nitrogens with zero attached hydrogens (tertiary/aromatic N) is 6. The van der Waals surface area contributed by atoms with Crippen LogP contribution >= 0.6 is 0 Å². The lowest BCUT2D eigenvalue weighted by molar-refractivity contribution is 0.660. The second-order valence-electron chi connectivity index (χ2n) is 28.9. The van der Waals surface area contributed by atoms with E-state index in [2.05, 4.69) is 321 Å². The lowest BCUT2D eigenvalue weighted by atomic mass is 9.81. The lowest BCUT2D eigenvalue weighted by Gasteiger charge is -2.22. The van der Waals surface area contributed by atoms with Crippen molar-refractivity contribution >= 4 is 54.6 Å². The number of fused-ring (bicyclic) bond motifs is 10. The van der Waals surface area contributed by atoms with Gasteiger partial charge in [-0.1, -0.05) is 299 Å².